The molecule has 6 nitrogen and oxygen atoms in total. The average molecular weight is 479 g/mol. The molecule has 2 aromatic carbocycles. The van der Waals surface area contributed by atoms with Gasteiger partial charge in [-0.2, -0.15) is 9.78 Å². The molecule has 1 atom stereocenters. The highest BCUT2D eigenvalue weighted by Crippen LogP contribution is 2.21. The number of hydrogen-bond donors (Lipinski definition) is 0. The lowest BCUT2D eigenvalue weighted by atomic mass is 10.1. The second kappa shape index (κ2) is 8.89. The first-order chi connectivity index (χ1) is 15.0. The second-order valence-electron chi connectivity index (χ2n) is 7.30. The first-order valence-electron chi connectivity index (χ1n) is 10.1. The molecule has 2 aromatic heterocycles. The zero-order chi connectivity index (χ0) is 22.0. The highest BCUT2D eigenvalue weighted by atomic mass is 79.9. The van der Waals surface area contributed by atoms with Crippen LogP contribution in [-0.2, 0) is 0 Å². The molecule has 4 aromatic rings. The summed E-state index contributed by atoms with van der Waals surface area (Å²) in [4.78, 5) is 18.0. The normalized spacial score (nSPS) is 12.5. The van der Waals surface area contributed by atoms with Gasteiger partial charge in [-0.3, -0.25) is 4.79 Å². The van der Waals surface area contributed by atoms with Gasteiger partial charge in [0.15, 0.2) is 0 Å². The lowest BCUT2D eigenvalue weighted by Gasteiger charge is -2.14. The third kappa shape index (κ3) is 4.18. The molecule has 0 bridgehead atoms. The van der Waals surface area contributed by atoms with E-state index >= 15 is 0 Å². The smallest absolute Gasteiger partial charge is 0.282 e. The Kier molecular flexibility index (Phi) is 6.04. The van der Waals surface area contributed by atoms with Gasteiger partial charge in [0.25, 0.3) is 5.56 Å². The maximum Gasteiger partial charge on any atom is 0.282 e. The number of ether oxygens (including phenoxy) is 1. The highest BCUT2D eigenvalue weighted by Gasteiger charge is 2.15. The molecule has 0 fully saturated rings. The third-order valence-electron chi connectivity index (χ3n) is 5.32. The summed E-state index contributed by atoms with van der Waals surface area (Å²) in [6, 6.07) is 17.2. The maximum absolute atomic E-state index is 13.3. The van der Waals surface area contributed by atoms with E-state index < -0.39 is 0 Å². The van der Waals surface area contributed by atoms with Crippen LogP contribution in [0.4, 0.5) is 0 Å². The fraction of sp³-hybridized carbons (Fsp3) is 0.208. The number of benzene rings is 2. The zero-order valence-electron chi connectivity index (χ0n) is 17.6. The van der Waals surface area contributed by atoms with Crippen LogP contribution in [0.25, 0.3) is 16.6 Å². The Balaban J connectivity index is 1.81. The first kappa shape index (κ1) is 21.1. The Morgan fingerprint density at radius 1 is 1.19 bits per heavy atom. The summed E-state index contributed by atoms with van der Waals surface area (Å²) < 4.78 is 9.50. The van der Waals surface area contributed by atoms with Crippen molar-refractivity contribution in [1.29, 1.82) is 0 Å². The SMILES string of the molecule is CC[C@H](C)c1nc2ccc(Br)cc2c(=O)n1N=Cc1cccn1-c1ccc(OC)cc1. The summed E-state index contributed by atoms with van der Waals surface area (Å²) in [5.74, 6) is 1.54. The minimum atomic E-state index is -0.180. The molecule has 0 aliphatic rings. The van der Waals surface area contributed by atoms with Crippen LogP contribution < -0.4 is 10.3 Å². The predicted octanol–water partition coefficient (Wildman–Crippen LogP) is 5.35. The van der Waals surface area contributed by atoms with Crippen molar-refractivity contribution in [2.75, 3.05) is 7.11 Å². The quantitative estimate of drug-likeness (QED) is 0.350. The summed E-state index contributed by atoms with van der Waals surface area (Å²) >= 11 is 3.44. The summed E-state index contributed by atoms with van der Waals surface area (Å²) in [6.07, 6.45) is 4.51. The van der Waals surface area contributed by atoms with Crippen LogP contribution in [0.3, 0.4) is 0 Å². The molecule has 0 N–H and O–H groups in total. The molecule has 0 saturated heterocycles. The van der Waals surface area contributed by atoms with Crippen LogP contribution in [-0.4, -0.2) is 27.6 Å². The van der Waals surface area contributed by atoms with Gasteiger partial charge in [0.1, 0.15) is 11.6 Å². The van der Waals surface area contributed by atoms with E-state index in [1.807, 2.05) is 59.3 Å². The van der Waals surface area contributed by atoms with E-state index in [9.17, 15) is 4.79 Å². The number of nitrogens with zero attached hydrogens (tertiary/aromatic N) is 4. The summed E-state index contributed by atoms with van der Waals surface area (Å²) in [5.41, 5.74) is 2.32. The number of fused-ring (bicyclic) bond motifs is 1. The van der Waals surface area contributed by atoms with Gasteiger partial charge < -0.3 is 9.30 Å². The predicted molar refractivity (Wildman–Crippen MR) is 128 cm³/mol. The molecule has 0 aliphatic carbocycles. The molecular weight excluding hydrogens is 456 g/mol. The van der Waals surface area contributed by atoms with Gasteiger partial charge in [-0.1, -0.05) is 29.8 Å². The molecule has 7 heteroatoms. The number of methoxy groups -OCH3 is 1. The van der Waals surface area contributed by atoms with Gasteiger partial charge in [0, 0.05) is 22.3 Å². The van der Waals surface area contributed by atoms with Crippen molar-refractivity contribution in [2.45, 2.75) is 26.2 Å². The van der Waals surface area contributed by atoms with E-state index in [0.29, 0.717) is 16.7 Å². The Morgan fingerprint density at radius 3 is 2.68 bits per heavy atom. The Bertz CT molecular complexity index is 1310. The van der Waals surface area contributed by atoms with Crippen LogP contribution in [0.2, 0.25) is 0 Å². The van der Waals surface area contributed by atoms with Gasteiger partial charge in [-0.25, -0.2) is 4.98 Å². The topological polar surface area (TPSA) is 61.4 Å². The van der Waals surface area contributed by atoms with E-state index in [-0.39, 0.29) is 11.5 Å². The number of hydrogen-bond acceptors (Lipinski definition) is 4. The van der Waals surface area contributed by atoms with Crippen molar-refractivity contribution in [2.24, 2.45) is 5.10 Å². The van der Waals surface area contributed by atoms with Crippen molar-refractivity contribution in [1.82, 2.24) is 14.2 Å². The third-order valence-corrected chi connectivity index (χ3v) is 5.82. The fourth-order valence-electron chi connectivity index (χ4n) is 3.37. The summed E-state index contributed by atoms with van der Waals surface area (Å²) in [7, 11) is 1.64. The van der Waals surface area contributed by atoms with E-state index in [4.69, 9.17) is 9.72 Å². The Labute approximate surface area is 188 Å². The van der Waals surface area contributed by atoms with Crippen molar-refractivity contribution in [3.05, 3.63) is 87.1 Å². The second-order valence-corrected chi connectivity index (χ2v) is 8.22. The standard InChI is InChI=1S/C24H23BrN4O2/c1-4-16(2)23-27-22-12-7-17(25)14-21(22)24(30)29(23)26-15-19-6-5-13-28(19)18-8-10-20(31-3)11-9-18/h5-16H,4H2,1-3H3/t16-/m0/s1. The van der Waals surface area contributed by atoms with Crippen LogP contribution in [0.15, 0.2) is 75.2 Å². The van der Waals surface area contributed by atoms with E-state index in [1.54, 1.807) is 19.4 Å². The monoisotopic (exact) mass is 478 g/mol. The number of halogens is 1. The van der Waals surface area contributed by atoms with Gasteiger partial charge in [0.2, 0.25) is 0 Å². The first-order valence-corrected chi connectivity index (χ1v) is 10.9. The zero-order valence-corrected chi connectivity index (χ0v) is 19.2. The minimum absolute atomic E-state index is 0.0891. The van der Waals surface area contributed by atoms with E-state index in [2.05, 4.69) is 34.9 Å². The molecule has 2 heterocycles. The van der Waals surface area contributed by atoms with Gasteiger partial charge in [-0.05, 0) is 61.0 Å². The average Bonchev–Trinajstić information content (AvgIpc) is 3.26. The minimum Gasteiger partial charge on any atom is -0.497 e. The Hall–Kier alpha value is -3.19. The van der Waals surface area contributed by atoms with Crippen LogP contribution in [0.1, 0.15) is 37.7 Å². The van der Waals surface area contributed by atoms with E-state index in [0.717, 1.165) is 28.0 Å². The lowest BCUT2D eigenvalue weighted by molar-refractivity contribution is 0.415. The van der Waals surface area contributed by atoms with Gasteiger partial charge in [0.05, 0.1) is 29.9 Å². The fourth-order valence-corrected chi connectivity index (χ4v) is 3.73. The van der Waals surface area contributed by atoms with Crippen molar-refractivity contribution >= 4 is 33.0 Å². The molecular formula is C24H23BrN4O2. The van der Waals surface area contributed by atoms with E-state index in [1.165, 1.54) is 4.68 Å². The molecule has 0 aliphatic heterocycles. The molecule has 158 valence electrons. The van der Waals surface area contributed by atoms with Gasteiger partial charge in [-0.15, -0.1) is 0 Å². The maximum atomic E-state index is 13.3. The lowest BCUT2D eigenvalue weighted by Crippen LogP contribution is -2.23. The van der Waals surface area contributed by atoms with Crippen molar-refractivity contribution < 1.29 is 4.74 Å². The molecule has 0 amide bonds. The van der Waals surface area contributed by atoms with Crippen molar-refractivity contribution in [3.63, 3.8) is 0 Å². The summed E-state index contributed by atoms with van der Waals surface area (Å²) in [6.45, 7) is 4.13. The van der Waals surface area contributed by atoms with Crippen LogP contribution in [0.5, 0.6) is 5.75 Å². The largest absolute Gasteiger partial charge is 0.497 e. The highest BCUT2D eigenvalue weighted by molar-refractivity contribution is 9.10. The van der Waals surface area contributed by atoms with Crippen LogP contribution >= 0.6 is 15.9 Å². The molecule has 4 rings (SSSR count). The molecule has 0 unspecified atom stereocenters. The van der Waals surface area contributed by atoms with Gasteiger partial charge >= 0.3 is 0 Å². The molecule has 0 spiro atoms. The molecule has 0 radical (unpaired) electrons. The number of rotatable bonds is 6. The summed E-state index contributed by atoms with van der Waals surface area (Å²) in [5, 5.41) is 5.10. The molecule has 0 saturated carbocycles. The van der Waals surface area contributed by atoms with Crippen molar-refractivity contribution in [3.8, 4) is 11.4 Å². The van der Waals surface area contributed by atoms with Crippen LogP contribution in [0, 0.1) is 0 Å². The molecule has 31 heavy (non-hydrogen) atoms. The Morgan fingerprint density at radius 2 is 1.97 bits per heavy atom. The number of aromatic nitrogens is 3.